The molecule has 0 fully saturated rings. The molecule has 0 aliphatic heterocycles. The van der Waals surface area contributed by atoms with Gasteiger partial charge >= 0.3 is 0 Å². The lowest BCUT2D eigenvalue weighted by molar-refractivity contribution is 0.415. The molecular formula is C11H9ClN2O2. The summed E-state index contributed by atoms with van der Waals surface area (Å²) in [6.45, 7) is 0. The maximum absolute atomic E-state index is 9.28. The largest absolute Gasteiger partial charge is 0.496 e. The number of aromatic nitrogens is 2. The van der Waals surface area contributed by atoms with E-state index >= 15 is 0 Å². The summed E-state index contributed by atoms with van der Waals surface area (Å²) >= 11 is 5.89. The average molecular weight is 237 g/mol. The van der Waals surface area contributed by atoms with Crippen LogP contribution in [0, 0.1) is 0 Å². The van der Waals surface area contributed by atoms with Gasteiger partial charge in [0.1, 0.15) is 5.75 Å². The van der Waals surface area contributed by atoms with Gasteiger partial charge in [-0.2, -0.15) is 4.98 Å². The number of rotatable bonds is 2. The van der Waals surface area contributed by atoms with Gasteiger partial charge in [0.2, 0.25) is 5.88 Å². The third-order valence-corrected chi connectivity index (χ3v) is 2.28. The van der Waals surface area contributed by atoms with Gasteiger partial charge in [-0.1, -0.05) is 11.6 Å². The van der Waals surface area contributed by atoms with Crippen molar-refractivity contribution in [1.29, 1.82) is 0 Å². The van der Waals surface area contributed by atoms with Crippen molar-refractivity contribution < 1.29 is 9.84 Å². The van der Waals surface area contributed by atoms with Crippen molar-refractivity contribution in [3.8, 4) is 23.0 Å². The van der Waals surface area contributed by atoms with Crippen molar-refractivity contribution in [2.24, 2.45) is 0 Å². The Morgan fingerprint density at radius 3 is 2.81 bits per heavy atom. The average Bonchev–Trinajstić information content (AvgIpc) is 2.29. The molecule has 0 saturated heterocycles. The second kappa shape index (κ2) is 4.37. The van der Waals surface area contributed by atoms with Gasteiger partial charge in [0, 0.05) is 17.3 Å². The van der Waals surface area contributed by atoms with E-state index in [-0.39, 0.29) is 5.88 Å². The molecule has 0 spiro atoms. The van der Waals surface area contributed by atoms with E-state index in [0.29, 0.717) is 22.2 Å². The topological polar surface area (TPSA) is 55.2 Å². The number of benzene rings is 1. The fraction of sp³-hybridized carbons (Fsp3) is 0.0909. The summed E-state index contributed by atoms with van der Waals surface area (Å²) in [7, 11) is 1.55. The number of hydrogen-bond donors (Lipinski definition) is 1. The van der Waals surface area contributed by atoms with E-state index in [0.717, 1.165) is 0 Å². The number of halogens is 1. The molecule has 1 aromatic carbocycles. The molecule has 5 heteroatoms. The Morgan fingerprint density at radius 2 is 2.12 bits per heavy atom. The zero-order valence-corrected chi connectivity index (χ0v) is 9.27. The minimum absolute atomic E-state index is 0.0907. The number of aromatic hydroxyl groups is 1. The number of methoxy groups -OCH3 is 1. The van der Waals surface area contributed by atoms with Crippen LogP contribution in [0.25, 0.3) is 11.4 Å². The Balaban J connectivity index is 2.58. The van der Waals surface area contributed by atoms with Gasteiger partial charge in [-0.15, -0.1) is 0 Å². The molecule has 1 aromatic heterocycles. The zero-order chi connectivity index (χ0) is 11.5. The number of nitrogens with zero attached hydrogens (tertiary/aromatic N) is 2. The first-order valence-electron chi connectivity index (χ1n) is 4.56. The molecule has 0 unspecified atom stereocenters. The second-order valence-electron chi connectivity index (χ2n) is 3.08. The molecule has 0 bridgehead atoms. The van der Waals surface area contributed by atoms with Gasteiger partial charge < -0.3 is 9.84 Å². The minimum Gasteiger partial charge on any atom is -0.496 e. The molecule has 82 valence electrons. The summed E-state index contributed by atoms with van der Waals surface area (Å²) in [5.41, 5.74) is 0.644. The highest BCUT2D eigenvalue weighted by atomic mass is 35.5. The summed E-state index contributed by atoms with van der Waals surface area (Å²) in [5.74, 6) is 0.890. The maximum Gasteiger partial charge on any atom is 0.214 e. The van der Waals surface area contributed by atoms with Crippen molar-refractivity contribution in [2.75, 3.05) is 7.11 Å². The molecule has 2 rings (SSSR count). The van der Waals surface area contributed by atoms with Crippen LogP contribution in [-0.4, -0.2) is 22.2 Å². The van der Waals surface area contributed by atoms with Crippen LogP contribution in [0.1, 0.15) is 0 Å². The molecular weight excluding hydrogens is 228 g/mol. The Hall–Kier alpha value is -1.81. The third kappa shape index (κ3) is 2.06. The van der Waals surface area contributed by atoms with Crippen LogP contribution >= 0.6 is 11.6 Å². The van der Waals surface area contributed by atoms with Crippen molar-refractivity contribution in [3.63, 3.8) is 0 Å². The number of hydrogen-bond acceptors (Lipinski definition) is 4. The molecule has 1 heterocycles. The summed E-state index contributed by atoms with van der Waals surface area (Å²) in [6.07, 6.45) is 1.47. The zero-order valence-electron chi connectivity index (χ0n) is 8.51. The highest BCUT2D eigenvalue weighted by molar-refractivity contribution is 6.30. The highest BCUT2D eigenvalue weighted by Gasteiger charge is 2.09. The van der Waals surface area contributed by atoms with Gasteiger partial charge in [-0.25, -0.2) is 4.98 Å². The van der Waals surface area contributed by atoms with E-state index in [2.05, 4.69) is 9.97 Å². The Kier molecular flexibility index (Phi) is 2.92. The maximum atomic E-state index is 9.28. The summed E-state index contributed by atoms with van der Waals surface area (Å²) in [6, 6.07) is 6.54. The first-order valence-corrected chi connectivity index (χ1v) is 4.94. The first kappa shape index (κ1) is 10.7. The molecule has 0 atom stereocenters. The SMILES string of the molecule is COc1ccc(Cl)cc1-c1nccc(O)n1. The fourth-order valence-electron chi connectivity index (χ4n) is 1.33. The van der Waals surface area contributed by atoms with E-state index in [4.69, 9.17) is 16.3 Å². The fourth-order valence-corrected chi connectivity index (χ4v) is 1.51. The molecule has 1 N–H and O–H groups in total. The third-order valence-electron chi connectivity index (χ3n) is 2.04. The molecule has 0 radical (unpaired) electrons. The van der Waals surface area contributed by atoms with Gasteiger partial charge in [-0.05, 0) is 18.2 Å². The van der Waals surface area contributed by atoms with Crippen LogP contribution in [-0.2, 0) is 0 Å². The Bertz CT molecular complexity index is 517. The summed E-state index contributed by atoms with van der Waals surface area (Å²) < 4.78 is 5.17. The van der Waals surface area contributed by atoms with Gasteiger partial charge in [0.15, 0.2) is 5.82 Å². The molecule has 0 saturated carbocycles. The normalized spacial score (nSPS) is 10.1. The predicted molar refractivity (Wildman–Crippen MR) is 60.7 cm³/mol. The first-order chi connectivity index (χ1) is 7.70. The van der Waals surface area contributed by atoms with E-state index in [9.17, 15) is 5.11 Å². The Labute approximate surface area is 97.5 Å². The van der Waals surface area contributed by atoms with Gasteiger partial charge in [0.05, 0.1) is 12.7 Å². The van der Waals surface area contributed by atoms with E-state index in [1.54, 1.807) is 25.3 Å². The van der Waals surface area contributed by atoms with Crippen LogP contribution in [0.5, 0.6) is 11.6 Å². The van der Waals surface area contributed by atoms with Crippen molar-refractivity contribution in [1.82, 2.24) is 9.97 Å². The quantitative estimate of drug-likeness (QED) is 0.871. The van der Waals surface area contributed by atoms with Crippen molar-refractivity contribution >= 4 is 11.6 Å². The van der Waals surface area contributed by atoms with Crippen molar-refractivity contribution in [2.45, 2.75) is 0 Å². The predicted octanol–water partition coefficient (Wildman–Crippen LogP) is 2.51. The monoisotopic (exact) mass is 236 g/mol. The van der Waals surface area contributed by atoms with E-state index in [1.807, 2.05) is 0 Å². The summed E-state index contributed by atoms with van der Waals surface area (Å²) in [4.78, 5) is 7.95. The number of ether oxygens (including phenoxy) is 1. The lowest BCUT2D eigenvalue weighted by atomic mass is 10.2. The lowest BCUT2D eigenvalue weighted by Crippen LogP contribution is -1.92. The van der Waals surface area contributed by atoms with Crippen LogP contribution in [0.2, 0.25) is 5.02 Å². The van der Waals surface area contributed by atoms with Crippen LogP contribution in [0.15, 0.2) is 30.5 Å². The van der Waals surface area contributed by atoms with Crippen molar-refractivity contribution in [3.05, 3.63) is 35.5 Å². The standard InChI is InChI=1S/C11H9ClN2O2/c1-16-9-3-2-7(12)6-8(9)11-13-5-4-10(15)14-11/h2-6H,1H3,(H,13,14,15). The lowest BCUT2D eigenvalue weighted by Gasteiger charge is -2.07. The Morgan fingerprint density at radius 1 is 1.31 bits per heavy atom. The van der Waals surface area contributed by atoms with Gasteiger partial charge in [-0.3, -0.25) is 0 Å². The smallest absolute Gasteiger partial charge is 0.214 e. The van der Waals surface area contributed by atoms with Crippen LogP contribution in [0.4, 0.5) is 0 Å². The molecule has 16 heavy (non-hydrogen) atoms. The molecule has 0 amide bonds. The summed E-state index contributed by atoms with van der Waals surface area (Å²) in [5, 5.41) is 9.84. The highest BCUT2D eigenvalue weighted by Crippen LogP contribution is 2.30. The minimum atomic E-state index is -0.0907. The van der Waals surface area contributed by atoms with E-state index < -0.39 is 0 Å². The molecule has 0 aliphatic carbocycles. The molecule has 4 nitrogen and oxygen atoms in total. The van der Waals surface area contributed by atoms with Gasteiger partial charge in [0.25, 0.3) is 0 Å². The van der Waals surface area contributed by atoms with Crippen LogP contribution in [0.3, 0.4) is 0 Å². The molecule has 0 aliphatic rings. The second-order valence-corrected chi connectivity index (χ2v) is 3.52. The van der Waals surface area contributed by atoms with Crippen LogP contribution < -0.4 is 4.74 Å². The molecule has 2 aromatic rings. The van der Waals surface area contributed by atoms with E-state index in [1.165, 1.54) is 12.3 Å².